The van der Waals surface area contributed by atoms with Gasteiger partial charge in [0.15, 0.2) is 0 Å². The number of amides is 2. The first-order valence-corrected chi connectivity index (χ1v) is 9.37. The fraction of sp³-hybridized carbons (Fsp3) is 0.158. The van der Waals surface area contributed by atoms with Gasteiger partial charge in [0.1, 0.15) is 5.75 Å². The lowest BCUT2D eigenvalue weighted by Crippen LogP contribution is -2.34. The van der Waals surface area contributed by atoms with Gasteiger partial charge in [-0.05, 0) is 36.4 Å². The molecule has 0 aromatic heterocycles. The summed E-state index contributed by atoms with van der Waals surface area (Å²) in [6.45, 7) is -0.152. The zero-order valence-corrected chi connectivity index (χ0v) is 17.7. The Morgan fingerprint density at radius 1 is 1.22 bits per heavy atom. The molecule has 0 fully saturated rings. The normalized spacial score (nSPS) is 10.7. The van der Waals surface area contributed by atoms with Crippen molar-refractivity contribution in [3.63, 3.8) is 0 Å². The highest BCUT2D eigenvalue weighted by atomic mass is 79.9. The summed E-state index contributed by atoms with van der Waals surface area (Å²) in [7, 11) is 3.08. The lowest BCUT2D eigenvalue weighted by molar-refractivity contribution is -0.129. The molecule has 0 saturated carbocycles. The third-order valence-corrected chi connectivity index (χ3v) is 4.70. The van der Waals surface area contributed by atoms with E-state index in [9.17, 15) is 9.59 Å². The molecule has 2 amide bonds. The van der Waals surface area contributed by atoms with Crippen LogP contribution in [0, 0.1) is 0 Å². The first kappa shape index (κ1) is 21.3. The molecular weight excluding hydrogens is 455 g/mol. The molecule has 0 bridgehead atoms. The van der Waals surface area contributed by atoms with Crippen molar-refractivity contribution < 1.29 is 14.3 Å². The van der Waals surface area contributed by atoms with Crippen molar-refractivity contribution in [1.29, 1.82) is 0 Å². The molecule has 0 spiro atoms. The van der Waals surface area contributed by atoms with Crippen LogP contribution < -0.4 is 10.1 Å². The van der Waals surface area contributed by atoms with Crippen molar-refractivity contribution in [3.8, 4) is 5.75 Å². The SMILES string of the molecule is COc1ccc(Br)cc1/C=C/C(=O)N(C)CC(=O)Nc1c(Cl)cccc1Cl. The quantitative estimate of drug-likeness (QED) is 0.611. The maximum absolute atomic E-state index is 12.3. The number of hydrogen-bond acceptors (Lipinski definition) is 3. The molecule has 0 atom stereocenters. The summed E-state index contributed by atoms with van der Waals surface area (Å²) in [5.41, 5.74) is 1.06. The fourth-order valence-corrected chi connectivity index (χ4v) is 3.08. The molecule has 2 rings (SSSR count). The van der Waals surface area contributed by atoms with E-state index in [0.29, 0.717) is 21.5 Å². The van der Waals surface area contributed by atoms with E-state index in [2.05, 4.69) is 21.2 Å². The summed E-state index contributed by atoms with van der Waals surface area (Å²) in [6.07, 6.45) is 3.01. The Morgan fingerprint density at radius 2 is 1.89 bits per heavy atom. The maximum atomic E-state index is 12.3. The number of likely N-dealkylation sites (N-methyl/N-ethyl adjacent to an activating group) is 1. The van der Waals surface area contributed by atoms with Gasteiger partial charge in [-0.3, -0.25) is 9.59 Å². The van der Waals surface area contributed by atoms with Gasteiger partial charge in [-0.2, -0.15) is 0 Å². The van der Waals surface area contributed by atoms with E-state index in [0.717, 1.165) is 10.0 Å². The number of nitrogens with one attached hydrogen (secondary N) is 1. The number of carbonyl (C=O) groups is 2. The summed E-state index contributed by atoms with van der Waals surface area (Å²) < 4.78 is 6.12. The smallest absolute Gasteiger partial charge is 0.246 e. The molecule has 2 aromatic carbocycles. The van der Waals surface area contributed by atoms with Crippen LogP contribution in [-0.4, -0.2) is 37.4 Å². The van der Waals surface area contributed by atoms with Gasteiger partial charge in [-0.15, -0.1) is 0 Å². The average molecular weight is 472 g/mol. The van der Waals surface area contributed by atoms with Gasteiger partial charge in [0.05, 0.1) is 29.4 Å². The van der Waals surface area contributed by atoms with Crippen LogP contribution in [0.2, 0.25) is 10.0 Å². The number of ether oxygens (including phenoxy) is 1. The van der Waals surface area contributed by atoms with Crippen molar-refractivity contribution in [1.82, 2.24) is 4.90 Å². The fourth-order valence-electron chi connectivity index (χ4n) is 2.21. The van der Waals surface area contributed by atoms with E-state index in [1.165, 1.54) is 18.0 Å². The van der Waals surface area contributed by atoms with Crippen molar-refractivity contribution in [2.24, 2.45) is 0 Å². The highest BCUT2D eigenvalue weighted by Gasteiger charge is 2.14. The highest BCUT2D eigenvalue weighted by Crippen LogP contribution is 2.29. The molecule has 0 aliphatic rings. The van der Waals surface area contributed by atoms with E-state index in [1.54, 1.807) is 37.5 Å². The van der Waals surface area contributed by atoms with Crippen LogP contribution in [0.25, 0.3) is 6.08 Å². The van der Waals surface area contributed by atoms with Crippen LogP contribution in [0.1, 0.15) is 5.56 Å². The molecule has 1 N–H and O–H groups in total. The number of nitrogens with zero attached hydrogens (tertiary/aromatic N) is 1. The van der Waals surface area contributed by atoms with Crippen LogP contribution in [0.5, 0.6) is 5.75 Å². The Morgan fingerprint density at radius 3 is 2.52 bits per heavy atom. The lowest BCUT2D eigenvalue weighted by atomic mass is 10.2. The highest BCUT2D eigenvalue weighted by molar-refractivity contribution is 9.10. The minimum atomic E-state index is -0.408. The average Bonchev–Trinajstić information content (AvgIpc) is 2.63. The third-order valence-electron chi connectivity index (χ3n) is 3.58. The van der Waals surface area contributed by atoms with Crippen LogP contribution in [0.4, 0.5) is 5.69 Å². The number of rotatable bonds is 6. The topological polar surface area (TPSA) is 58.6 Å². The summed E-state index contributed by atoms with van der Waals surface area (Å²) in [4.78, 5) is 25.7. The number of methoxy groups -OCH3 is 1. The predicted octanol–water partition coefficient (Wildman–Crippen LogP) is 4.87. The van der Waals surface area contributed by atoms with E-state index in [4.69, 9.17) is 27.9 Å². The van der Waals surface area contributed by atoms with Gasteiger partial charge in [0.25, 0.3) is 0 Å². The van der Waals surface area contributed by atoms with Crippen LogP contribution in [-0.2, 0) is 9.59 Å². The monoisotopic (exact) mass is 470 g/mol. The Bertz CT molecular complexity index is 867. The standard InChI is InChI=1S/C19H17BrCl2N2O3/c1-24(11-17(25)23-19-14(21)4-3-5-15(19)22)18(26)9-6-12-10-13(20)7-8-16(12)27-2/h3-10H,11H2,1-2H3,(H,23,25)/b9-6+. The van der Waals surface area contributed by atoms with E-state index < -0.39 is 5.91 Å². The predicted molar refractivity (Wildman–Crippen MR) is 112 cm³/mol. The Balaban J connectivity index is 2.01. The van der Waals surface area contributed by atoms with Crippen molar-refractivity contribution >= 4 is 62.7 Å². The van der Waals surface area contributed by atoms with Crippen LogP contribution in [0.15, 0.2) is 46.9 Å². The Labute approximate surface area is 176 Å². The molecule has 0 heterocycles. The van der Waals surface area contributed by atoms with E-state index in [-0.39, 0.29) is 12.5 Å². The number of halogens is 3. The zero-order valence-electron chi connectivity index (χ0n) is 14.6. The first-order chi connectivity index (χ1) is 12.8. The lowest BCUT2D eigenvalue weighted by Gasteiger charge is -2.16. The molecule has 2 aromatic rings. The number of para-hydroxylation sites is 1. The Kier molecular flexibility index (Phi) is 7.71. The number of carbonyl (C=O) groups excluding carboxylic acids is 2. The minimum absolute atomic E-state index is 0.152. The van der Waals surface area contributed by atoms with Crippen LogP contribution in [0.3, 0.4) is 0 Å². The molecule has 0 aliphatic carbocycles. The van der Waals surface area contributed by atoms with Gasteiger partial charge in [0, 0.05) is 23.2 Å². The summed E-state index contributed by atoms with van der Waals surface area (Å²) in [5, 5.41) is 3.27. The first-order valence-electron chi connectivity index (χ1n) is 7.82. The molecule has 27 heavy (non-hydrogen) atoms. The van der Waals surface area contributed by atoms with Gasteiger partial charge in [-0.25, -0.2) is 0 Å². The second-order valence-electron chi connectivity index (χ2n) is 5.56. The van der Waals surface area contributed by atoms with Crippen molar-refractivity contribution in [2.75, 3.05) is 26.0 Å². The van der Waals surface area contributed by atoms with Crippen molar-refractivity contribution in [2.45, 2.75) is 0 Å². The third kappa shape index (κ3) is 5.99. The second-order valence-corrected chi connectivity index (χ2v) is 7.29. The summed E-state index contributed by atoms with van der Waals surface area (Å²) in [5.74, 6) is -0.109. The molecule has 142 valence electrons. The van der Waals surface area contributed by atoms with Gasteiger partial charge >= 0.3 is 0 Å². The summed E-state index contributed by atoms with van der Waals surface area (Å²) >= 11 is 15.4. The van der Waals surface area contributed by atoms with E-state index in [1.807, 2.05) is 12.1 Å². The molecule has 8 heteroatoms. The molecule has 5 nitrogen and oxygen atoms in total. The molecular formula is C19H17BrCl2N2O3. The number of hydrogen-bond donors (Lipinski definition) is 1. The molecule has 0 unspecified atom stereocenters. The largest absolute Gasteiger partial charge is 0.496 e. The van der Waals surface area contributed by atoms with Gasteiger partial charge < -0.3 is 15.0 Å². The van der Waals surface area contributed by atoms with Gasteiger partial charge in [-0.1, -0.05) is 45.2 Å². The number of benzene rings is 2. The van der Waals surface area contributed by atoms with Crippen molar-refractivity contribution in [3.05, 3.63) is 62.6 Å². The number of anilines is 1. The van der Waals surface area contributed by atoms with Crippen LogP contribution >= 0.6 is 39.1 Å². The molecule has 0 saturated heterocycles. The zero-order chi connectivity index (χ0) is 20.0. The van der Waals surface area contributed by atoms with Gasteiger partial charge in [0.2, 0.25) is 11.8 Å². The molecule has 0 radical (unpaired) electrons. The summed E-state index contributed by atoms with van der Waals surface area (Å²) in [6, 6.07) is 10.4. The van der Waals surface area contributed by atoms with E-state index >= 15 is 0 Å². The maximum Gasteiger partial charge on any atom is 0.246 e. The Hall–Kier alpha value is -2.02. The second kappa shape index (κ2) is 9.78. The minimum Gasteiger partial charge on any atom is -0.496 e. The molecule has 0 aliphatic heterocycles.